The van der Waals surface area contributed by atoms with Gasteiger partial charge in [-0.15, -0.1) is 5.10 Å². The van der Waals surface area contributed by atoms with Gasteiger partial charge < -0.3 is 4.18 Å². The SMILES string of the molecule is O=S(=O)(Oc1ccn(-c2ccc(Cl)cc2)n1)C(F)(F)F. The molecule has 1 heterocycles. The molecule has 20 heavy (non-hydrogen) atoms. The molecule has 0 aliphatic heterocycles. The second-order valence-corrected chi connectivity index (χ2v) is 5.53. The van der Waals surface area contributed by atoms with E-state index in [2.05, 4.69) is 9.28 Å². The van der Waals surface area contributed by atoms with Crippen molar-refractivity contribution in [1.29, 1.82) is 0 Å². The standard InChI is InChI=1S/C10H6ClF3N2O3S/c11-7-1-3-8(4-2-7)16-6-5-9(15-16)19-20(17,18)10(12,13)14/h1-6H. The van der Waals surface area contributed by atoms with Crippen molar-refractivity contribution in [3.63, 3.8) is 0 Å². The van der Waals surface area contributed by atoms with E-state index in [1.807, 2.05) is 0 Å². The highest BCUT2D eigenvalue weighted by Gasteiger charge is 2.49. The van der Waals surface area contributed by atoms with E-state index in [-0.39, 0.29) is 0 Å². The molecule has 0 spiro atoms. The van der Waals surface area contributed by atoms with E-state index in [9.17, 15) is 21.6 Å². The van der Waals surface area contributed by atoms with E-state index < -0.39 is 21.5 Å². The van der Waals surface area contributed by atoms with Crippen LogP contribution in [-0.2, 0) is 10.1 Å². The molecule has 0 bridgehead atoms. The van der Waals surface area contributed by atoms with Gasteiger partial charge in [-0.2, -0.15) is 21.6 Å². The van der Waals surface area contributed by atoms with E-state index in [1.54, 1.807) is 24.3 Å². The summed E-state index contributed by atoms with van der Waals surface area (Å²) < 4.78 is 63.0. The van der Waals surface area contributed by atoms with Gasteiger partial charge in [-0.05, 0) is 24.3 Å². The first kappa shape index (κ1) is 14.7. The number of aromatic nitrogens is 2. The molecule has 0 unspecified atom stereocenters. The minimum Gasteiger partial charge on any atom is -0.354 e. The van der Waals surface area contributed by atoms with Crippen LogP contribution in [-0.4, -0.2) is 23.7 Å². The molecule has 2 rings (SSSR count). The van der Waals surface area contributed by atoms with E-state index in [4.69, 9.17) is 11.6 Å². The van der Waals surface area contributed by atoms with E-state index in [0.29, 0.717) is 10.7 Å². The number of alkyl halides is 3. The molecule has 0 radical (unpaired) electrons. The summed E-state index contributed by atoms with van der Waals surface area (Å²) in [6.45, 7) is 0. The molecule has 0 fully saturated rings. The summed E-state index contributed by atoms with van der Waals surface area (Å²) >= 11 is 5.68. The van der Waals surface area contributed by atoms with E-state index in [1.165, 1.54) is 6.20 Å². The largest absolute Gasteiger partial charge is 0.534 e. The summed E-state index contributed by atoms with van der Waals surface area (Å²) in [4.78, 5) is 0. The Morgan fingerprint density at radius 1 is 1.15 bits per heavy atom. The fraction of sp³-hybridized carbons (Fsp3) is 0.100. The molecule has 1 aromatic heterocycles. The molecule has 10 heteroatoms. The van der Waals surface area contributed by atoms with Crippen molar-refractivity contribution >= 4 is 21.7 Å². The lowest BCUT2D eigenvalue weighted by atomic mass is 10.3. The molecule has 108 valence electrons. The zero-order valence-electron chi connectivity index (χ0n) is 9.50. The molecule has 0 saturated carbocycles. The molecule has 0 atom stereocenters. The average Bonchev–Trinajstić information content (AvgIpc) is 2.76. The second-order valence-electron chi connectivity index (χ2n) is 3.56. The van der Waals surface area contributed by atoms with E-state index >= 15 is 0 Å². The molecule has 0 saturated heterocycles. The molecular weight excluding hydrogens is 321 g/mol. The summed E-state index contributed by atoms with van der Waals surface area (Å²) in [7, 11) is -5.72. The van der Waals surface area contributed by atoms with Crippen LogP contribution in [0.1, 0.15) is 0 Å². The first-order chi connectivity index (χ1) is 9.19. The molecule has 1 aromatic carbocycles. The number of benzene rings is 1. The van der Waals surface area contributed by atoms with Gasteiger partial charge in [0.05, 0.1) is 5.69 Å². The Hall–Kier alpha value is -1.74. The number of hydrogen-bond acceptors (Lipinski definition) is 4. The second kappa shape index (κ2) is 4.98. The zero-order valence-corrected chi connectivity index (χ0v) is 11.1. The summed E-state index contributed by atoms with van der Waals surface area (Å²) in [5.41, 5.74) is -5.02. The fourth-order valence-electron chi connectivity index (χ4n) is 1.25. The van der Waals surface area contributed by atoms with Gasteiger partial charge in [0, 0.05) is 17.3 Å². The lowest BCUT2D eigenvalue weighted by Gasteiger charge is -2.06. The average molecular weight is 327 g/mol. The van der Waals surface area contributed by atoms with Crippen LogP contribution in [0, 0.1) is 0 Å². The van der Waals surface area contributed by atoms with Gasteiger partial charge in [0.25, 0.3) is 5.88 Å². The highest BCUT2D eigenvalue weighted by Crippen LogP contribution is 2.26. The van der Waals surface area contributed by atoms with Crippen molar-refractivity contribution in [2.75, 3.05) is 0 Å². The van der Waals surface area contributed by atoms with Crippen LogP contribution in [0.3, 0.4) is 0 Å². The van der Waals surface area contributed by atoms with Gasteiger partial charge in [0.1, 0.15) is 0 Å². The van der Waals surface area contributed by atoms with Crippen LogP contribution in [0.5, 0.6) is 5.88 Å². The Kier molecular flexibility index (Phi) is 3.65. The molecule has 0 aliphatic rings. The van der Waals surface area contributed by atoms with Crippen LogP contribution >= 0.6 is 11.6 Å². The maximum Gasteiger partial charge on any atom is 0.534 e. The van der Waals surface area contributed by atoms with Crippen LogP contribution in [0.2, 0.25) is 5.02 Å². The summed E-state index contributed by atoms with van der Waals surface area (Å²) in [5, 5.41) is 4.05. The van der Waals surface area contributed by atoms with Crippen molar-refractivity contribution in [2.45, 2.75) is 5.51 Å². The van der Waals surface area contributed by atoms with Gasteiger partial charge in [-0.25, -0.2) is 4.68 Å². The smallest absolute Gasteiger partial charge is 0.354 e. The summed E-state index contributed by atoms with van der Waals surface area (Å²) in [6, 6.07) is 7.20. The topological polar surface area (TPSA) is 61.2 Å². The van der Waals surface area contributed by atoms with Crippen molar-refractivity contribution < 1.29 is 25.8 Å². The lowest BCUT2D eigenvalue weighted by molar-refractivity contribution is -0.0501. The molecular formula is C10H6ClF3N2O3S. The minimum atomic E-state index is -5.72. The van der Waals surface area contributed by atoms with Crippen LogP contribution in [0.4, 0.5) is 13.2 Å². The lowest BCUT2D eigenvalue weighted by Crippen LogP contribution is -2.28. The Bertz CT molecular complexity index is 710. The van der Waals surface area contributed by atoms with Crippen molar-refractivity contribution in [3.05, 3.63) is 41.6 Å². The summed E-state index contributed by atoms with van der Waals surface area (Å²) in [5.74, 6) is -0.683. The Morgan fingerprint density at radius 2 is 1.75 bits per heavy atom. The minimum absolute atomic E-state index is 0.469. The van der Waals surface area contributed by atoms with Crippen molar-refractivity contribution in [3.8, 4) is 11.6 Å². The first-order valence-electron chi connectivity index (χ1n) is 5.01. The predicted molar refractivity (Wildman–Crippen MR) is 64.2 cm³/mol. The van der Waals surface area contributed by atoms with Gasteiger partial charge >= 0.3 is 15.6 Å². The Labute approximate surface area is 116 Å². The third-order valence-electron chi connectivity index (χ3n) is 2.13. The van der Waals surface area contributed by atoms with Crippen LogP contribution in [0.25, 0.3) is 5.69 Å². The molecule has 2 aromatic rings. The number of nitrogens with zero attached hydrogens (tertiary/aromatic N) is 2. The van der Waals surface area contributed by atoms with Crippen molar-refractivity contribution in [1.82, 2.24) is 9.78 Å². The number of halogens is 4. The molecule has 0 amide bonds. The highest BCUT2D eigenvalue weighted by molar-refractivity contribution is 7.87. The zero-order chi connectivity index (χ0) is 15.0. The first-order valence-corrected chi connectivity index (χ1v) is 6.80. The number of rotatable bonds is 3. The maximum absolute atomic E-state index is 12.1. The Morgan fingerprint density at radius 3 is 2.30 bits per heavy atom. The molecule has 5 nitrogen and oxygen atoms in total. The summed E-state index contributed by atoms with van der Waals surface area (Å²) in [6.07, 6.45) is 1.25. The molecule has 0 N–H and O–H groups in total. The predicted octanol–water partition coefficient (Wildman–Crippen LogP) is 2.75. The van der Waals surface area contributed by atoms with Gasteiger partial charge in [-0.3, -0.25) is 0 Å². The monoisotopic (exact) mass is 326 g/mol. The van der Waals surface area contributed by atoms with Crippen molar-refractivity contribution in [2.24, 2.45) is 0 Å². The van der Waals surface area contributed by atoms with E-state index in [0.717, 1.165) is 10.7 Å². The Balaban J connectivity index is 2.24. The highest BCUT2D eigenvalue weighted by atomic mass is 35.5. The van der Waals surface area contributed by atoms with Crippen LogP contribution in [0.15, 0.2) is 36.5 Å². The van der Waals surface area contributed by atoms with Gasteiger partial charge in [0.15, 0.2) is 0 Å². The number of hydrogen-bond donors (Lipinski definition) is 0. The van der Waals surface area contributed by atoms with Gasteiger partial charge in [-0.1, -0.05) is 11.6 Å². The third kappa shape index (κ3) is 3.05. The maximum atomic E-state index is 12.1. The van der Waals surface area contributed by atoms with Gasteiger partial charge in [0.2, 0.25) is 0 Å². The third-order valence-corrected chi connectivity index (χ3v) is 3.34. The quantitative estimate of drug-likeness (QED) is 0.643. The normalized spacial score (nSPS) is 12.4. The fourth-order valence-corrected chi connectivity index (χ4v) is 1.78. The molecule has 0 aliphatic carbocycles. The van der Waals surface area contributed by atoms with Crippen LogP contribution < -0.4 is 4.18 Å².